The minimum Gasteiger partial charge on any atom is -0.307 e. The summed E-state index contributed by atoms with van der Waals surface area (Å²) in [6.07, 6.45) is -3.65. The lowest BCUT2D eigenvalue weighted by Crippen LogP contribution is -2.48. The SMILES string of the molecule is FC(F)C1(F)CNCC1(F)F. The molecule has 0 spiro atoms. The summed E-state index contributed by atoms with van der Waals surface area (Å²) in [6, 6.07) is 0. The summed E-state index contributed by atoms with van der Waals surface area (Å²) in [6.45, 7) is -2.01. The van der Waals surface area contributed by atoms with Crippen molar-refractivity contribution in [1.82, 2.24) is 5.32 Å². The summed E-state index contributed by atoms with van der Waals surface area (Å²) in [5.41, 5.74) is -3.69. The Kier molecular flexibility index (Phi) is 1.82. The third-order valence-corrected chi connectivity index (χ3v) is 1.68. The summed E-state index contributed by atoms with van der Waals surface area (Å²) in [5.74, 6) is -3.96. The average molecular weight is 175 g/mol. The summed E-state index contributed by atoms with van der Waals surface area (Å²) < 4.78 is 60.8. The number of halogens is 5. The smallest absolute Gasteiger partial charge is 0.300 e. The summed E-state index contributed by atoms with van der Waals surface area (Å²) in [5, 5.41) is 1.88. The molecule has 1 fully saturated rings. The van der Waals surface area contributed by atoms with E-state index in [2.05, 4.69) is 0 Å². The van der Waals surface area contributed by atoms with Crippen molar-refractivity contribution in [1.29, 1.82) is 0 Å². The number of alkyl halides is 5. The van der Waals surface area contributed by atoms with E-state index in [-0.39, 0.29) is 0 Å². The molecule has 6 heteroatoms. The molecular weight excluding hydrogens is 169 g/mol. The van der Waals surface area contributed by atoms with Crippen LogP contribution < -0.4 is 5.32 Å². The molecule has 0 saturated carbocycles. The van der Waals surface area contributed by atoms with Crippen LogP contribution in [-0.4, -0.2) is 31.1 Å². The fraction of sp³-hybridized carbons (Fsp3) is 1.00. The molecule has 0 aromatic rings. The van der Waals surface area contributed by atoms with Crippen LogP contribution >= 0.6 is 0 Å². The maximum Gasteiger partial charge on any atom is 0.300 e. The fourth-order valence-electron chi connectivity index (χ4n) is 0.914. The molecule has 1 N–H and O–H groups in total. The molecule has 1 rings (SSSR count). The molecule has 11 heavy (non-hydrogen) atoms. The van der Waals surface area contributed by atoms with Crippen molar-refractivity contribution in [3.05, 3.63) is 0 Å². The Morgan fingerprint density at radius 1 is 1.09 bits per heavy atom. The molecule has 1 nitrogen and oxygen atoms in total. The van der Waals surface area contributed by atoms with Crippen LogP contribution in [0.15, 0.2) is 0 Å². The van der Waals surface area contributed by atoms with Gasteiger partial charge < -0.3 is 5.32 Å². The van der Waals surface area contributed by atoms with Crippen LogP contribution in [0.5, 0.6) is 0 Å². The van der Waals surface area contributed by atoms with Gasteiger partial charge in [-0.3, -0.25) is 0 Å². The Bertz CT molecular complexity index is 159. The third kappa shape index (κ3) is 1.09. The molecule has 0 aromatic heterocycles. The van der Waals surface area contributed by atoms with Crippen LogP contribution in [0.2, 0.25) is 0 Å². The van der Waals surface area contributed by atoms with E-state index in [4.69, 9.17) is 0 Å². The first-order valence-corrected chi connectivity index (χ1v) is 2.96. The fourth-order valence-corrected chi connectivity index (χ4v) is 0.914. The lowest BCUT2D eigenvalue weighted by Gasteiger charge is -2.24. The van der Waals surface area contributed by atoms with E-state index in [1.807, 2.05) is 5.32 Å². The van der Waals surface area contributed by atoms with Crippen LogP contribution in [0.4, 0.5) is 22.0 Å². The van der Waals surface area contributed by atoms with Gasteiger partial charge in [0, 0.05) is 6.54 Å². The maximum atomic E-state index is 12.7. The van der Waals surface area contributed by atoms with Gasteiger partial charge in [-0.05, 0) is 0 Å². The Balaban J connectivity index is 2.84. The second-order valence-corrected chi connectivity index (χ2v) is 2.47. The normalized spacial score (nSPS) is 36.5. The van der Waals surface area contributed by atoms with E-state index < -0.39 is 31.1 Å². The Hall–Kier alpha value is -0.390. The first kappa shape index (κ1) is 8.70. The average Bonchev–Trinajstić information content (AvgIpc) is 2.09. The molecular formula is C5H6F5N. The van der Waals surface area contributed by atoms with Gasteiger partial charge in [0.15, 0.2) is 0 Å². The van der Waals surface area contributed by atoms with Crippen molar-refractivity contribution in [2.24, 2.45) is 0 Å². The number of nitrogens with one attached hydrogen (secondary N) is 1. The van der Waals surface area contributed by atoms with E-state index in [0.717, 1.165) is 0 Å². The summed E-state index contributed by atoms with van der Waals surface area (Å²) >= 11 is 0. The zero-order valence-corrected chi connectivity index (χ0v) is 5.38. The molecule has 0 amide bonds. The number of hydrogen-bond donors (Lipinski definition) is 1. The Labute approximate surface area is 59.6 Å². The largest absolute Gasteiger partial charge is 0.307 e. The molecule has 0 radical (unpaired) electrons. The summed E-state index contributed by atoms with van der Waals surface area (Å²) in [4.78, 5) is 0. The summed E-state index contributed by atoms with van der Waals surface area (Å²) in [7, 11) is 0. The van der Waals surface area contributed by atoms with Crippen LogP contribution in [0.25, 0.3) is 0 Å². The van der Waals surface area contributed by atoms with E-state index >= 15 is 0 Å². The standard InChI is InChI=1S/C5H6F5N/c6-3(7)4(8)1-11-2-5(4,9)10/h3,11H,1-2H2. The number of rotatable bonds is 1. The van der Waals surface area contributed by atoms with Crippen molar-refractivity contribution >= 4 is 0 Å². The van der Waals surface area contributed by atoms with E-state index in [1.165, 1.54) is 0 Å². The molecule has 0 bridgehead atoms. The second kappa shape index (κ2) is 2.30. The minimum absolute atomic E-state index is 0.988. The number of hydrogen-bond acceptors (Lipinski definition) is 1. The first-order chi connectivity index (χ1) is 4.90. The minimum atomic E-state index is -3.96. The van der Waals surface area contributed by atoms with Gasteiger partial charge in [-0.2, -0.15) is 0 Å². The first-order valence-electron chi connectivity index (χ1n) is 2.96. The van der Waals surface area contributed by atoms with Crippen molar-refractivity contribution in [2.45, 2.75) is 18.0 Å². The van der Waals surface area contributed by atoms with Gasteiger partial charge in [-0.25, -0.2) is 22.0 Å². The van der Waals surface area contributed by atoms with Gasteiger partial charge in [0.25, 0.3) is 6.43 Å². The van der Waals surface area contributed by atoms with Crippen molar-refractivity contribution < 1.29 is 22.0 Å². The zero-order valence-electron chi connectivity index (χ0n) is 5.38. The Morgan fingerprint density at radius 3 is 1.82 bits per heavy atom. The highest BCUT2D eigenvalue weighted by Crippen LogP contribution is 2.40. The van der Waals surface area contributed by atoms with Gasteiger partial charge in [0.2, 0.25) is 5.67 Å². The highest BCUT2D eigenvalue weighted by Gasteiger charge is 2.64. The quantitative estimate of drug-likeness (QED) is 0.590. The zero-order chi connectivity index (χ0) is 8.70. The topological polar surface area (TPSA) is 12.0 Å². The van der Waals surface area contributed by atoms with Crippen LogP contribution in [0.3, 0.4) is 0 Å². The Morgan fingerprint density at radius 2 is 1.64 bits per heavy atom. The van der Waals surface area contributed by atoms with E-state index in [0.29, 0.717) is 0 Å². The van der Waals surface area contributed by atoms with Gasteiger partial charge in [0.1, 0.15) is 0 Å². The molecule has 66 valence electrons. The lowest BCUT2D eigenvalue weighted by atomic mass is 10.0. The van der Waals surface area contributed by atoms with E-state index in [9.17, 15) is 22.0 Å². The highest BCUT2D eigenvalue weighted by molar-refractivity contribution is 5.04. The highest BCUT2D eigenvalue weighted by atomic mass is 19.3. The van der Waals surface area contributed by atoms with Gasteiger partial charge in [-0.15, -0.1) is 0 Å². The van der Waals surface area contributed by atoms with Crippen LogP contribution in [0.1, 0.15) is 0 Å². The molecule has 0 aliphatic carbocycles. The molecule has 1 aliphatic heterocycles. The van der Waals surface area contributed by atoms with Gasteiger partial charge in [-0.1, -0.05) is 0 Å². The van der Waals surface area contributed by atoms with Crippen molar-refractivity contribution in [3.63, 3.8) is 0 Å². The second-order valence-electron chi connectivity index (χ2n) is 2.47. The predicted molar refractivity (Wildman–Crippen MR) is 27.7 cm³/mol. The molecule has 1 heterocycles. The maximum absolute atomic E-state index is 12.7. The third-order valence-electron chi connectivity index (χ3n) is 1.68. The lowest BCUT2D eigenvalue weighted by molar-refractivity contribution is -0.165. The van der Waals surface area contributed by atoms with Gasteiger partial charge in [0.05, 0.1) is 6.54 Å². The van der Waals surface area contributed by atoms with Crippen LogP contribution in [-0.2, 0) is 0 Å². The molecule has 1 saturated heterocycles. The molecule has 1 unspecified atom stereocenters. The van der Waals surface area contributed by atoms with Gasteiger partial charge >= 0.3 is 5.92 Å². The van der Waals surface area contributed by atoms with Crippen molar-refractivity contribution in [2.75, 3.05) is 13.1 Å². The predicted octanol–water partition coefficient (Wildman–Crippen LogP) is 1.20. The van der Waals surface area contributed by atoms with Crippen molar-refractivity contribution in [3.8, 4) is 0 Å². The van der Waals surface area contributed by atoms with Crippen LogP contribution in [0, 0.1) is 0 Å². The monoisotopic (exact) mass is 175 g/mol. The molecule has 1 atom stereocenters. The molecule has 0 aromatic carbocycles. The van der Waals surface area contributed by atoms with E-state index in [1.54, 1.807) is 0 Å². The molecule has 1 aliphatic rings.